The molecule has 1 atom stereocenters. The summed E-state index contributed by atoms with van der Waals surface area (Å²) in [4.78, 5) is 21.3. The van der Waals surface area contributed by atoms with Gasteiger partial charge < -0.3 is 25.2 Å². The summed E-state index contributed by atoms with van der Waals surface area (Å²) in [6.45, 7) is 6.70. The third kappa shape index (κ3) is 5.44. The van der Waals surface area contributed by atoms with Gasteiger partial charge in [-0.25, -0.2) is 14.2 Å². The van der Waals surface area contributed by atoms with Gasteiger partial charge in [0.1, 0.15) is 11.6 Å². The van der Waals surface area contributed by atoms with Gasteiger partial charge in [-0.3, -0.25) is 0 Å². The van der Waals surface area contributed by atoms with Crippen LogP contribution in [0.5, 0.6) is 0 Å². The van der Waals surface area contributed by atoms with E-state index in [0.717, 1.165) is 49.4 Å². The average molecular weight is 428 g/mol. The van der Waals surface area contributed by atoms with Gasteiger partial charge in [0.05, 0.1) is 18.9 Å². The molecule has 0 saturated carbocycles. The molecular weight excluding hydrogens is 397 g/mol. The molecule has 166 valence electrons. The molecule has 2 N–H and O–H groups in total. The molecule has 1 aromatic carbocycles. The predicted octanol–water partition coefficient (Wildman–Crippen LogP) is 2.83. The molecule has 7 nitrogen and oxygen atoms in total. The lowest BCUT2D eigenvalue weighted by atomic mass is 10.0. The van der Waals surface area contributed by atoms with E-state index in [2.05, 4.69) is 20.5 Å². The molecule has 1 unspecified atom stereocenters. The minimum Gasteiger partial charge on any atom is -0.378 e. The molecule has 2 saturated heterocycles. The van der Waals surface area contributed by atoms with Gasteiger partial charge in [-0.1, -0.05) is 12.1 Å². The van der Waals surface area contributed by atoms with Gasteiger partial charge in [0, 0.05) is 50.5 Å². The van der Waals surface area contributed by atoms with Crippen LogP contribution in [-0.4, -0.2) is 56.4 Å². The molecule has 3 heterocycles. The number of nitrogens with one attached hydrogen (secondary N) is 2. The Morgan fingerprint density at radius 1 is 1.23 bits per heavy atom. The number of halogens is 1. The van der Waals surface area contributed by atoms with E-state index < -0.39 is 0 Å². The Bertz CT molecular complexity index is 903. The topological polar surface area (TPSA) is 69.7 Å². The van der Waals surface area contributed by atoms with Crippen molar-refractivity contribution in [3.8, 4) is 0 Å². The van der Waals surface area contributed by atoms with Gasteiger partial charge in [-0.2, -0.15) is 0 Å². The molecule has 0 aliphatic carbocycles. The third-order valence-electron chi connectivity index (χ3n) is 5.82. The largest absolute Gasteiger partial charge is 0.378 e. The minimum absolute atomic E-state index is 0.0266. The van der Waals surface area contributed by atoms with Gasteiger partial charge in [-0.15, -0.1) is 0 Å². The number of aryl methyl sites for hydroxylation is 1. The van der Waals surface area contributed by atoms with Gasteiger partial charge in [0.25, 0.3) is 0 Å². The molecule has 2 aliphatic rings. The number of aromatic nitrogens is 1. The number of morpholine rings is 1. The Balaban J connectivity index is 1.33. The van der Waals surface area contributed by atoms with Gasteiger partial charge in [0.15, 0.2) is 0 Å². The van der Waals surface area contributed by atoms with E-state index in [0.29, 0.717) is 32.0 Å². The van der Waals surface area contributed by atoms with Crippen LogP contribution in [0, 0.1) is 12.7 Å². The molecule has 0 spiro atoms. The number of piperidine rings is 1. The van der Waals surface area contributed by atoms with Crippen LogP contribution < -0.4 is 20.4 Å². The van der Waals surface area contributed by atoms with Crippen LogP contribution >= 0.6 is 0 Å². The summed E-state index contributed by atoms with van der Waals surface area (Å²) in [5.74, 6) is 0.674. The number of urea groups is 1. The van der Waals surface area contributed by atoms with E-state index in [9.17, 15) is 9.18 Å². The molecule has 8 heteroatoms. The summed E-state index contributed by atoms with van der Waals surface area (Å²) in [5, 5.41) is 6.01. The van der Waals surface area contributed by atoms with Crippen LogP contribution in [0.3, 0.4) is 0 Å². The van der Waals surface area contributed by atoms with Crippen molar-refractivity contribution in [1.82, 2.24) is 15.6 Å². The smallest absolute Gasteiger partial charge is 0.315 e. The molecule has 4 rings (SSSR count). The van der Waals surface area contributed by atoms with Crippen molar-refractivity contribution >= 4 is 17.5 Å². The van der Waals surface area contributed by atoms with Crippen LogP contribution in [0.25, 0.3) is 0 Å². The number of benzene rings is 1. The zero-order chi connectivity index (χ0) is 21.6. The van der Waals surface area contributed by atoms with Gasteiger partial charge >= 0.3 is 6.03 Å². The number of hydrogen-bond donors (Lipinski definition) is 2. The highest BCUT2D eigenvalue weighted by molar-refractivity contribution is 5.74. The number of hydrogen-bond acceptors (Lipinski definition) is 5. The van der Waals surface area contributed by atoms with E-state index in [-0.39, 0.29) is 17.9 Å². The van der Waals surface area contributed by atoms with E-state index in [1.165, 1.54) is 6.07 Å². The predicted molar refractivity (Wildman–Crippen MR) is 119 cm³/mol. The molecule has 1 aromatic heterocycles. The maximum atomic E-state index is 14.3. The zero-order valence-electron chi connectivity index (χ0n) is 17.9. The second-order valence-electron chi connectivity index (χ2n) is 8.15. The number of nitrogens with zero attached hydrogens (tertiary/aromatic N) is 3. The Hall–Kier alpha value is -2.87. The standard InChI is InChI=1S/C23H30FN5O2/c1-17-6-7-20(24)21(14-17)29-9-3-5-19(16-29)27-23(30)26-15-18-4-2-8-25-22(18)28-10-12-31-13-11-28/h2,4,6-8,14,19H,3,5,9-13,15-16H2,1H3,(H2,26,27,30). The van der Waals surface area contributed by atoms with E-state index in [4.69, 9.17) is 4.74 Å². The molecule has 2 amide bonds. The minimum atomic E-state index is -0.220. The molecule has 2 aliphatic heterocycles. The monoisotopic (exact) mass is 427 g/mol. The molecule has 2 aromatic rings. The fourth-order valence-corrected chi connectivity index (χ4v) is 4.22. The van der Waals surface area contributed by atoms with Crippen molar-refractivity contribution < 1.29 is 13.9 Å². The zero-order valence-corrected chi connectivity index (χ0v) is 17.9. The van der Waals surface area contributed by atoms with Crippen LogP contribution in [0.4, 0.5) is 20.7 Å². The summed E-state index contributed by atoms with van der Waals surface area (Å²) in [7, 11) is 0. The molecule has 0 radical (unpaired) electrons. The maximum absolute atomic E-state index is 14.3. The average Bonchev–Trinajstić information content (AvgIpc) is 2.80. The summed E-state index contributed by atoms with van der Waals surface area (Å²) in [5.41, 5.74) is 2.61. The Morgan fingerprint density at radius 3 is 2.90 bits per heavy atom. The Morgan fingerprint density at radius 2 is 2.06 bits per heavy atom. The first-order valence-electron chi connectivity index (χ1n) is 10.9. The molecular formula is C23H30FN5O2. The first-order valence-corrected chi connectivity index (χ1v) is 10.9. The molecule has 2 fully saturated rings. The van der Waals surface area contributed by atoms with Crippen molar-refractivity contribution in [2.75, 3.05) is 49.2 Å². The summed E-state index contributed by atoms with van der Waals surface area (Å²) in [6.07, 6.45) is 3.56. The number of amides is 2. The second-order valence-corrected chi connectivity index (χ2v) is 8.15. The lowest BCUT2D eigenvalue weighted by molar-refractivity contribution is 0.122. The highest BCUT2D eigenvalue weighted by Crippen LogP contribution is 2.24. The summed E-state index contributed by atoms with van der Waals surface area (Å²) >= 11 is 0. The summed E-state index contributed by atoms with van der Waals surface area (Å²) < 4.78 is 19.7. The number of carbonyl (C=O) groups is 1. The van der Waals surface area contributed by atoms with E-state index in [1.807, 2.05) is 30.0 Å². The van der Waals surface area contributed by atoms with Crippen LogP contribution in [-0.2, 0) is 11.3 Å². The maximum Gasteiger partial charge on any atom is 0.315 e. The highest BCUT2D eigenvalue weighted by Gasteiger charge is 2.24. The quantitative estimate of drug-likeness (QED) is 0.768. The third-order valence-corrected chi connectivity index (χ3v) is 5.82. The Labute approximate surface area is 182 Å². The fourth-order valence-electron chi connectivity index (χ4n) is 4.22. The highest BCUT2D eigenvalue weighted by atomic mass is 19.1. The summed E-state index contributed by atoms with van der Waals surface area (Å²) in [6, 6.07) is 8.78. The van der Waals surface area contributed by atoms with Crippen LogP contribution in [0.15, 0.2) is 36.5 Å². The van der Waals surface area contributed by atoms with Crippen LogP contribution in [0.1, 0.15) is 24.0 Å². The lowest BCUT2D eigenvalue weighted by Gasteiger charge is -2.35. The normalized spacial score (nSPS) is 19.2. The SMILES string of the molecule is Cc1ccc(F)c(N2CCCC(NC(=O)NCc3cccnc3N3CCOCC3)C2)c1. The first kappa shape index (κ1) is 21.4. The van der Waals surface area contributed by atoms with Gasteiger partial charge in [-0.05, 0) is 43.5 Å². The number of rotatable bonds is 5. The first-order chi connectivity index (χ1) is 15.1. The van der Waals surface area contributed by atoms with Crippen molar-refractivity contribution in [3.05, 3.63) is 53.5 Å². The van der Waals surface area contributed by atoms with Crippen molar-refractivity contribution in [2.45, 2.75) is 32.4 Å². The Kier molecular flexibility index (Phi) is 6.86. The van der Waals surface area contributed by atoms with Crippen LogP contribution in [0.2, 0.25) is 0 Å². The van der Waals surface area contributed by atoms with Crippen molar-refractivity contribution in [3.63, 3.8) is 0 Å². The lowest BCUT2D eigenvalue weighted by Crippen LogP contribution is -2.50. The van der Waals surface area contributed by atoms with Crippen molar-refractivity contribution in [1.29, 1.82) is 0 Å². The number of pyridine rings is 1. The number of anilines is 2. The molecule has 31 heavy (non-hydrogen) atoms. The molecule has 0 bridgehead atoms. The van der Waals surface area contributed by atoms with Gasteiger partial charge in [0.2, 0.25) is 0 Å². The van der Waals surface area contributed by atoms with E-state index in [1.54, 1.807) is 12.3 Å². The fraction of sp³-hybridized carbons (Fsp3) is 0.478. The second kappa shape index (κ2) is 9.96. The van der Waals surface area contributed by atoms with E-state index >= 15 is 0 Å². The number of carbonyl (C=O) groups excluding carboxylic acids is 1. The number of ether oxygens (including phenoxy) is 1. The van der Waals surface area contributed by atoms with Crippen molar-refractivity contribution in [2.24, 2.45) is 0 Å².